The van der Waals surface area contributed by atoms with Crippen LogP contribution in [0.3, 0.4) is 0 Å². The molecule has 0 bridgehead atoms. The number of rotatable bonds is 7. The lowest BCUT2D eigenvalue weighted by molar-refractivity contribution is -0.141. The molecule has 1 aliphatic carbocycles. The number of nitrogens with one attached hydrogen (secondary N) is 2. The van der Waals surface area contributed by atoms with E-state index in [0.29, 0.717) is 42.5 Å². The van der Waals surface area contributed by atoms with Gasteiger partial charge in [0.05, 0.1) is 0 Å². The third-order valence-electron chi connectivity index (χ3n) is 8.74. The molecule has 3 N–H and O–H groups in total. The largest absolute Gasteiger partial charge is 0.475 e. The lowest BCUT2D eigenvalue weighted by Crippen LogP contribution is -2.48. The molecule has 1 aromatic heterocycles. The molecule has 2 heterocycles. The van der Waals surface area contributed by atoms with E-state index in [2.05, 4.69) is 10.6 Å². The lowest BCUT2D eigenvalue weighted by atomic mass is 9.78. The molecule has 10 nitrogen and oxygen atoms in total. The first-order valence-electron chi connectivity index (χ1n) is 15.3. The molecule has 2 fully saturated rings. The summed E-state index contributed by atoms with van der Waals surface area (Å²) in [7, 11) is 0. The molecule has 1 unspecified atom stereocenters. The number of anilines is 1. The summed E-state index contributed by atoms with van der Waals surface area (Å²) in [5, 5.41) is 15.8. The number of fused-ring (bicyclic) bond motifs is 1. The number of carboxylic acid groups (broad SMARTS) is 1. The van der Waals surface area contributed by atoms with E-state index in [1.54, 1.807) is 23.1 Å². The van der Waals surface area contributed by atoms with Crippen LogP contribution in [0.25, 0.3) is 11.0 Å². The van der Waals surface area contributed by atoms with Gasteiger partial charge in [-0.05, 0) is 95.5 Å². The van der Waals surface area contributed by atoms with Crippen molar-refractivity contribution in [1.29, 1.82) is 0 Å². The number of aromatic carboxylic acids is 1. The molecule has 44 heavy (non-hydrogen) atoms. The molecular formula is C34H41N3O7. The van der Waals surface area contributed by atoms with Gasteiger partial charge in [0, 0.05) is 35.5 Å². The summed E-state index contributed by atoms with van der Waals surface area (Å²) in [6.07, 6.45) is 3.20. The molecule has 3 aromatic rings. The number of nitrogens with zero attached hydrogens (tertiary/aromatic N) is 1. The van der Waals surface area contributed by atoms with Crippen molar-refractivity contribution >= 4 is 40.5 Å². The van der Waals surface area contributed by atoms with Gasteiger partial charge in [0.25, 0.3) is 0 Å². The fourth-order valence-corrected chi connectivity index (χ4v) is 6.57. The Kier molecular flexibility index (Phi) is 8.99. The fraction of sp³-hybridized carbons (Fsp3) is 0.471. The topological polar surface area (TPSA) is 138 Å². The van der Waals surface area contributed by atoms with Gasteiger partial charge in [-0.2, -0.15) is 0 Å². The molecule has 1 saturated carbocycles. The third-order valence-corrected chi connectivity index (χ3v) is 8.74. The summed E-state index contributed by atoms with van der Waals surface area (Å²) in [4.78, 5) is 53.2. The SMILES string of the molecule is CC(NC(=O)OC(C)(C)C)[C@H]1CC[C@H](C(=O)N2CC[C@H](c3ccccc3)[C@H]2C(=O)Nc2ccc3oc(C(=O)O)cc3c2)CC1. The van der Waals surface area contributed by atoms with Crippen LogP contribution in [-0.2, 0) is 14.3 Å². The smallest absolute Gasteiger partial charge is 0.407 e. The summed E-state index contributed by atoms with van der Waals surface area (Å²) in [6.45, 7) is 7.95. The Morgan fingerprint density at radius 2 is 1.68 bits per heavy atom. The van der Waals surface area contributed by atoms with Crippen LogP contribution in [0.2, 0.25) is 0 Å². The number of hydrogen-bond acceptors (Lipinski definition) is 6. The molecule has 2 aliphatic rings. The summed E-state index contributed by atoms with van der Waals surface area (Å²) in [5.41, 5.74) is 1.34. The van der Waals surface area contributed by atoms with Crippen molar-refractivity contribution in [3.8, 4) is 0 Å². The molecule has 2 aromatic carbocycles. The number of carbonyl (C=O) groups excluding carboxylic acids is 3. The molecule has 3 atom stereocenters. The number of furan rings is 1. The summed E-state index contributed by atoms with van der Waals surface area (Å²) < 4.78 is 10.8. The van der Waals surface area contributed by atoms with E-state index in [-0.39, 0.29) is 41.4 Å². The van der Waals surface area contributed by atoms with Gasteiger partial charge in [0.15, 0.2) is 0 Å². The summed E-state index contributed by atoms with van der Waals surface area (Å²) in [5.74, 6) is -1.75. The normalized spacial score (nSPS) is 22.8. The average molecular weight is 604 g/mol. The highest BCUT2D eigenvalue weighted by Crippen LogP contribution is 2.38. The Hall–Kier alpha value is -4.34. The van der Waals surface area contributed by atoms with E-state index in [1.807, 2.05) is 58.0 Å². The maximum absolute atomic E-state index is 14.0. The Bertz CT molecular complexity index is 1520. The zero-order valence-electron chi connectivity index (χ0n) is 25.7. The number of amides is 3. The monoisotopic (exact) mass is 603 g/mol. The molecule has 0 spiro atoms. The van der Waals surface area contributed by atoms with Crippen molar-refractivity contribution in [1.82, 2.24) is 10.2 Å². The Labute approximate surface area is 257 Å². The summed E-state index contributed by atoms with van der Waals surface area (Å²) >= 11 is 0. The van der Waals surface area contributed by atoms with Gasteiger partial charge in [0.1, 0.15) is 17.2 Å². The van der Waals surface area contributed by atoms with Crippen molar-refractivity contribution < 1.29 is 33.4 Å². The first-order valence-corrected chi connectivity index (χ1v) is 15.3. The zero-order chi connectivity index (χ0) is 31.6. The first kappa shape index (κ1) is 31.1. The maximum atomic E-state index is 14.0. The van der Waals surface area contributed by atoms with E-state index in [9.17, 15) is 24.3 Å². The van der Waals surface area contributed by atoms with Gasteiger partial charge in [-0.15, -0.1) is 0 Å². The molecule has 3 amide bonds. The van der Waals surface area contributed by atoms with Crippen LogP contribution in [-0.4, -0.2) is 58.1 Å². The zero-order valence-corrected chi connectivity index (χ0v) is 25.7. The van der Waals surface area contributed by atoms with Gasteiger partial charge < -0.3 is 29.8 Å². The maximum Gasteiger partial charge on any atom is 0.407 e. The summed E-state index contributed by atoms with van der Waals surface area (Å²) in [6, 6.07) is 15.4. The van der Waals surface area contributed by atoms with Crippen LogP contribution in [0.4, 0.5) is 10.5 Å². The van der Waals surface area contributed by atoms with E-state index >= 15 is 0 Å². The van der Waals surface area contributed by atoms with Gasteiger partial charge in [-0.25, -0.2) is 9.59 Å². The minimum atomic E-state index is -1.17. The molecule has 234 valence electrons. The van der Waals surface area contributed by atoms with Gasteiger partial charge in [-0.3, -0.25) is 9.59 Å². The van der Waals surface area contributed by atoms with Crippen LogP contribution >= 0.6 is 0 Å². The van der Waals surface area contributed by atoms with Crippen molar-refractivity contribution in [2.24, 2.45) is 11.8 Å². The van der Waals surface area contributed by atoms with Crippen molar-refractivity contribution in [2.45, 2.75) is 83.4 Å². The lowest BCUT2D eigenvalue weighted by Gasteiger charge is -2.35. The molecule has 1 saturated heterocycles. The fourth-order valence-electron chi connectivity index (χ4n) is 6.57. The molecule has 0 radical (unpaired) electrons. The van der Waals surface area contributed by atoms with E-state index in [1.165, 1.54) is 6.07 Å². The highest BCUT2D eigenvalue weighted by molar-refractivity contribution is 6.00. The second-order valence-electron chi connectivity index (χ2n) is 13.0. The quantitative estimate of drug-likeness (QED) is 0.293. The van der Waals surface area contributed by atoms with Crippen molar-refractivity contribution in [3.63, 3.8) is 0 Å². The van der Waals surface area contributed by atoms with Gasteiger partial charge in [-0.1, -0.05) is 30.3 Å². The average Bonchev–Trinajstić information content (AvgIpc) is 3.61. The van der Waals surface area contributed by atoms with Crippen molar-refractivity contribution in [3.05, 3.63) is 65.9 Å². The van der Waals surface area contributed by atoms with Crippen molar-refractivity contribution in [2.75, 3.05) is 11.9 Å². The van der Waals surface area contributed by atoms with Crippen LogP contribution in [0.5, 0.6) is 0 Å². The number of carboxylic acids is 1. The van der Waals surface area contributed by atoms with E-state index < -0.39 is 23.7 Å². The highest BCUT2D eigenvalue weighted by atomic mass is 16.6. The minimum absolute atomic E-state index is 0.00817. The molecule has 10 heteroatoms. The number of alkyl carbamates (subject to hydrolysis) is 1. The Balaban J connectivity index is 1.28. The predicted octanol–water partition coefficient (Wildman–Crippen LogP) is 6.17. The first-order chi connectivity index (χ1) is 20.9. The Morgan fingerprint density at radius 3 is 2.34 bits per heavy atom. The predicted molar refractivity (Wildman–Crippen MR) is 165 cm³/mol. The highest BCUT2D eigenvalue weighted by Gasteiger charge is 2.45. The van der Waals surface area contributed by atoms with Gasteiger partial charge in [0.2, 0.25) is 17.6 Å². The van der Waals surface area contributed by atoms with Crippen LogP contribution in [0.15, 0.2) is 59.0 Å². The minimum Gasteiger partial charge on any atom is -0.475 e. The second-order valence-corrected chi connectivity index (χ2v) is 13.0. The third kappa shape index (κ3) is 7.06. The van der Waals surface area contributed by atoms with Crippen LogP contribution < -0.4 is 10.6 Å². The number of hydrogen-bond donors (Lipinski definition) is 3. The molecular weight excluding hydrogens is 562 g/mol. The van der Waals surface area contributed by atoms with E-state index in [4.69, 9.17) is 9.15 Å². The standard InChI is InChI=1S/C34H41N3O7/c1-20(35-33(42)44-34(2,3)4)21-10-12-23(13-11-21)31(39)37-17-16-26(22-8-6-5-7-9-22)29(37)30(38)36-25-14-15-27-24(18-25)19-28(43-27)32(40)41/h5-9,14-15,18-21,23,26,29H,10-13,16-17H2,1-4H3,(H,35,42)(H,36,38)(H,40,41)/t20?,21-,23-,26-,29+/m1/s1. The van der Waals surface area contributed by atoms with Crippen LogP contribution in [0.1, 0.15) is 81.8 Å². The molecule has 5 rings (SSSR count). The second kappa shape index (κ2) is 12.7. The van der Waals surface area contributed by atoms with Gasteiger partial charge >= 0.3 is 12.1 Å². The Morgan fingerprint density at radius 1 is 0.977 bits per heavy atom. The molecule has 1 aliphatic heterocycles. The number of ether oxygens (including phenoxy) is 1. The number of likely N-dealkylation sites (tertiary alicyclic amines) is 1. The van der Waals surface area contributed by atoms with E-state index in [0.717, 1.165) is 18.4 Å². The number of benzene rings is 2. The van der Waals surface area contributed by atoms with Crippen LogP contribution in [0, 0.1) is 11.8 Å². The number of carbonyl (C=O) groups is 4.